The lowest BCUT2D eigenvalue weighted by Gasteiger charge is -2.27. The van der Waals surface area contributed by atoms with E-state index < -0.39 is 16.0 Å². The lowest BCUT2D eigenvalue weighted by Crippen LogP contribution is -2.30. The van der Waals surface area contributed by atoms with Crippen molar-refractivity contribution in [1.29, 1.82) is 0 Å². The van der Waals surface area contributed by atoms with Gasteiger partial charge in [0.05, 0.1) is 24.6 Å². The lowest BCUT2D eigenvalue weighted by molar-refractivity contribution is 0.0595. The quantitative estimate of drug-likeness (QED) is 0.386. The molecule has 10 heteroatoms. The highest BCUT2D eigenvalue weighted by Gasteiger charge is 2.34. The molecule has 0 fully saturated rings. The van der Waals surface area contributed by atoms with Gasteiger partial charge in [-0.2, -0.15) is 5.10 Å². The Kier molecular flexibility index (Phi) is 6.56. The van der Waals surface area contributed by atoms with Gasteiger partial charge in [0.1, 0.15) is 4.21 Å². The Labute approximate surface area is 191 Å². The maximum atomic E-state index is 12.8. The Hall–Kier alpha value is -2.79. The van der Waals surface area contributed by atoms with Crippen LogP contribution >= 0.6 is 11.3 Å². The van der Waals surface area contributed by atoms with E-state index in [1.54, 1.807) is 0 Å². The maximum absolute atomic E-state index is 12.8. The van der Waals surface area contributed by atoms with Crippen molar-refractivity contribution in [2.24, 2.45) is 0 Å². The van der Waals surface area contributed by atoms with E-state index in [1.165, 1.54) is 13.2 Å². The molecular formula is C22H24N4O4S2. The number of ether oxygens (including phenoxy) is 1. The van der Waals surface area contributed by atoms with Crippen LogP contribution in [0.5, 0.6) is 0 Å². The van der Waals surface area contributed by atoms with E-state index in [1.807, 2.05) is 36.5 Å². The highest BCUT2D eigenvalue weighted by atomic mass is 32.2. The molecule has 2 aromatic heterocycles. The van der Waals surface area contributed by atoms with Crippen molar-refractivity contribution in [3.63, 3.8) is 0 Å². The van der Waals surface area contributed by atoms with Gasteiger partial charge in [-0.3, -0.25) is 10.00 Å². The first kappa shape index (κ1) is 22.4. The summed E-state index contributed by atoms with van der Waals surface area (Å²) >= 11 is 1.13. The Bertz CT molecular complexity index is 1230. The summed E-state index contributed by atoms with van der Waals surface area (Å²) in [5.74, 6) is -0.629. The molecule has 168 valence electrons. The molecule has 0 radical (unpaired) electrons. The second kappa shape index (κ2) is 9.37. The van der Waals surface area contributed by atoms with Crippen LogP contribution in [0.4, 0.5) is 0 Å². The van der Waals surface area contributed by atoms with Crippen LogP contribution in [0.2, 0.25) is 0 Å². The number of nitrogens with zero attached hydrogens (tertiary/aromatic N) is 2. The number of nitrogens with one attached hydrogen (secondary N) is 2. The van der Waals surface area contributed by atoms with E-state index in [2.05, 4.69) is 26.4 Å². The fourth-order valence-corrected chi connectivity index (χ4v) is 6.79. The van der Waals surface area contributed by atoms with Crippen LogP contribution in [-0.2, 0) is 34.3 Å². The van der Waals surface area contributed by atoms with Crippen LogP contribution in [0.15, 0.2) is 53.4 Å². The van der Waals surface area contributed by atoms with Gasteiger partial charge in [-0.05, 0) is 17.5 Å². The minimum absolute atomic E-state index is 0.00587. The number of aromatic amines is 1. The minimum atomic E-state index is -3.85. The third kappa shape index (κ3) is 4.40. The van der Waals surface area contributed by atoms with Gasteiger partial charge in [-0.15, -0.1) is 17.9 Å². The molecule has 1 aliphatic rings. The van der Waals surface area contributed by atoms with Gasteiger partial charge in [0, 0.05) is 36.6 Å². The smallest absolute Gasteiger partial charge is 0.340 e. The third-order valence-electron chi connectivity index (χ3n) is 5.33. The number of H-pyrrole nitrogens is 1. The number of methoxy groups -OCH3 is 1. The van der Waals surface area contributed by atoms with E-state index in [0.717, 1.165) is 38.6 Å². The molecular weight excluding hydrogens is 448 g/mol. The Morgan fingerprint density at radius 1 is 1.38 bits per heavy atom. The molecule has 0 bridgehead atoms. The number of sulfonamides is 1. The first-order valence-corrected chi connectivity index (χ1v) is 12.4. The summed E-state index contributed by atoms with van der Waals surface area (Å²) in [4.78, 5) is 15.6. The molecule has 0 aliphatic carbocycles. The summed E-state index contributed by atoms with van der Waals surface area (Å²) in [6.07, 6.45) is 3.84. The monoisotopic (exact) mass is 472 g/mol. The number of fused-ring (bicyclic) bond motifs is 1. The Morgan fingerprint density at radius 2 is 2.16 bits per heavy atom. The van der Waals surface area contributed by atoms with E-state index in [9.17, 15) is 13.2 Å². The van der Waals surface area contributed by atoms with Crippen LogP contribution in [0, 0.1) is 0 Å². The second-order valence-corrected chi connectivity index (χ2v) is 10.5. The summed E-state index contributed by atoms with van der Waals surface area (Å²) in [7, 11) is -2.59. The largest absolute Gasteiger partial charge is 0.465 e. The van der Waals surface area contributed by atoms with Crippen LogP contribution in [0.3, 0.4) is 0 Å². The molecule has 0 amide bonds. The van der Waals surface area contributed by atoms with Crippen molar-refractivity contribution in [2.75, 3.05) is 20.2 Å². The number of rotatable bonds is 8. The standard InChI is InChI=1S/C22H24N4O4S2/c1-3-10-24-32(28,29)22-19(21(27)30-2)17-9-11-26(14-18(17)31-22)13-16-12-23-25-20(16)15-7-5-4-6-8-15/h3-8,12,24H,1,9-11,13-14H2,2H3,(H,23,25). The first-order chi connectivity index (χ1) is 15.4. The van der Waals surface area contributed by atoms with Crippen molar-refractivity contribution in [2.45, 2.75) is 23.7 Å². The normalized spacial score (nSPS) is 14.2. The predicted octanol–water partition coefficient (Wildman–Crippen LogP) is 2.95. The summed E-state index contributed by atoms with van der Waals surface area (Å²) in [5, 5.41) is 7.29. The fraction of sp³-hybridized carbons (Fsp3) is 0.273. The van der Waals surface area contributed by atoms with Crippen LogP contribution in [0.25, 0.3) is 11.3 Å². The zero-order valence-electron chi connectivity index (χ0n) is 17.6. The van der Waals surface area contributed by atoms with Gasteiger partial charge in [-0.1, -0.05) is 36.4 Å². The number of hydrogen-bond donors (Lipinski definition) is 2. The topological polar surface area (TPSA) is 104 Å². The molecule has 3 heterocycles. The van der Waals surface area contributed by atoms with Gasteiger partial charge in [0.15, 0.2) is 0 Å². The van der Waals surface area contributed by atoms with Crippen molar-refractivity contribution < 1.29 is 17.9 Å². The van der Waals surface area contributed by atoms with E-state index in [4.69, 9.17) is 4.74 Å². The lowest BCUT2D eigenvalue weighted by atomic mass is 10.0. The highest BCUT2D eigenvalue weighted by Crippen LogP contribution is 2.37. The van der Waals surface area contributed by atoms with Crippen molar-refractivity contribution in [1.82, 2.24) is 19.8 Å². The molecule has 32 heavy (non-hydrogen) atoms. The average Bonchev–Trinajstić information content (AvgIpc) is 3.42. The van der Waals surface area contributed by atoms with Gasteiger partial charge < -0.3 is 4.74 Å². The van der Waals surface area contributed by atoms with Gasteiger partial charge in [0.25, 0.3) is 10.0 Å². The number of carbonyl (C=O) groups excluding carboxylic acids is 1. The summed E-state index contributed by atoms with van der Waals surface area (Å²) in [6, 6.07) is 9.99. The van der Waals surface area contributed by atoms with Crippen molar-refractivity contribution >= 4 is 27.3 Å². The molecule has 0 saturated heterocycles. The first-order valence-electron chi connectivity index (χ1n) is 10.1. The molecule has 3 aromatic rings. The van der Waals surface area contributed by atoms with Crippen LogP contribution < -0.4 is 4.72 Å². The number of esters is 1. The van der Waals surface area contributed by atoms with Crippen molar-refractivity contribution in [3.8, 4) is 11.3 Å². The number of hydrogen-bond acceptors (Lipinski definition) is 7. The molecule has 1 aliphatic heterocycles. The Balaban J connectivity index is 1.62. The SMILES string of the molecule is C=CCNS(=O)(=O)c1sc2c(c1C(=O)OC)CCN(Cc1cn[nH]c1-c1ccccc1)C2. The van der Waals surface area contributed by atoms with E-state index >= 15 is 0 Å². The van der Waals surface area contributed by atoms with Gasteiger partial charge in [-0.25, -0.2) is 17.9 Å². The van der Waals surface area contributed by atoms with E-state index in [-0.39, 0.29) is 16.3 Å². The number of thiophene rings is 1. The van der Waals surface area contributed by atoms with Gasteiger partial charge >= 0.3 is 5.97 Å². The van der Waals surface area contributed by atoms with Gasteiger partial charge in [0.2, 0.25) is 0 Å². The molecule has 0 saturated carbocycles. The average molecular weight is 473 g/mol. The number of benzene rings is 1. The second-order valence-electron chi connectivity index (χ2n) is 7.40. The third-order valence-corrected chi connectivity index (χ3v) is 8.49. The predicted molar refractivity (Wildman–Crippen MR) is 123 cm³/mol. The zero-order valence-corrected chi connectivity index (χ0v) is 19.3. The van der Waals surface area contributed by atoms with Crippen LogP contribution in [0.1, 0.15) is 26.4 Å². The maximum Gasteiger partial charge on any atom is 0.340 e. The Morgan fingerprint density at radius 3 is 2.88 bits per heavy atom. The summed E-state index contributed by atoms with van der Waals surface area (Å²) in [5.41, 5.74) is 3.99. The van der Waals surface area contributed by atoms with Crippen molar-refractivity contribution in [3.05, 3.63) is 70.8 Å². The molecule has 0 spiro atoms. The molecule has 0 unspecified atom stereocenters. The summed E-state index contributed by atoms with van der Waals surface area (Å²) in [6.45, 7) is 5.51. The van der Waals surface area contributed by atoms with E-state index in [0.29, 0.717) is 26.1 Å². The molecule has 8 nitrogen and oxygen atoms in total. The molecule has 1 aromatic carbocycles. The summed E-state index contributed by atoms with van der Waals surface area (Å²) < 4.78 is 33.0. The zero-order chi connectivity index (χ0) is 22.7. The molecule has 0 atom stereocenters. The number of carbonyl (C=O) groups is 1. The molecule has 2 N–H and O–H groups in total. The van der Waals surface area contributed by atoms with Crippen LogP contribution in [-0.4, -0.2) is 49.7 Å². The minimum Gasteiger partial charge on any atom is -0.465 e. The fourth-order valence-electron chi connectivity index (χ4n) is 3.82. The highest BCUT2D eigenvalue weighted by molar-refractivity contribution is 7.91. The molecule has 4 rings (SSSR count). The number of aromatic nitrogens is 2.